The molecule has 0 aromatic rings. The summed E-state index contributed by atoms with van der Waals surface area (Å²) in [6.45, 7) is 1.12. The van der Waals surface area contributed by atoms with Crippen molar-refractivity contribution in [1.82, 2.24) is 4.90 Å². The lowest BCUT2D eigenvalue weighted by molar-refractivity contribution is 0.0693. The number of aliphatic hydroxyl groups is 1. The number of likely N-dealkylation sites (N-methyl/N-ethyl adjacent to an activating group) is 1. The number of rotatable bonds is 0. The van der Waals surface area contributed by atoms with Gasteiger partial charge in [-0.05, 0) is 32.4 Å². The van der Waals surface area contributed by atoms with Gasteiger partial charge in [0.15, 0.2) is 7.28 Å². The largest absolute Gasteiger partial charge is 0.397 e. The second-order valence-electron chi connectivity index (χ2n) is 4.34. The minimum absolute atomic E-state index is 0.0295. The lowest BCUT2D eigenvalue weighted by Gasteiger charge is -2.32. The van der Waals surface area contributed by atoms with Crippen LogP contribution in [-0.4, -0.2) is 41.8 Å². The summed E-state index contributed by atoms with van der Waals surface area (Å²) in [4.78, 5) is 2.31. The molecule has 3 aliphatic rings. The summed E-state index contributed by atoms with van der Waals surface area (Å²) < 4.78 is 0. The Bertz CT molecular complexity index is 267. The summed E-state index contributed by atoms with van der Waals surface area (Å²) >= 11 is 0. The van der Waals surface area contributed by atoms with E-state index in [2.05, 4.69) is 31.4 Å². The van der Waals surface area contributed by atoms with E-state index in [1.807, 2.05) is 0 Å². The van der Waals surface area contributed by atoms with Crippen LogP contribution < -0.4 is 0 Å². The van der Waals surface area contributed by atoms with Crippen LogP contribution in [-0.2, 0) is 0 Å². The van der Waals surface area contributed by atoms with E-state index < -0.39 is 5.50 Å². The van der Waals surface area contributed by atoms with Crippen molar-refractivity contribution in [2.24, 2.45) is 5.92 Å². The first kappa shape index (κ1) is 7.16. The molecule has 12 heavy (non-hydrogen) atoms. The number of likely N-dealkylation sites (tertiary alicyclic amines) is 1. The van der Waals surface area contributed by atoms with Gasteiger partial charge in [-0.2, -0.15) is 0 Å². The fourth-order valence-electron chi connectivity index (χ4n) is 3.09. The van der Waals surface area contributed by atoms with Crippen molar-refractivity contribution in [3.63, 3.8) is 0 Å². The Morgan fingerprint density at radius 1 is 1.67 bits per heavy atom. The molecule has 0 saturated carbocycles. The molecule has 1 spiro atoms. The third kappa shape index (κ3) is 0.549. The van der Waals surface area contributed by atoms with Crippen molar-refractivity contribution in [1.29, 1.82) is 0 Å². The predicted molar refractivity (Wildman–Crippen MR) is 47.9 cm³/mol. The van der Waals surface area contributed by atoms with Crippen molar-refractivity contribution in [3.8, 4) is 0 Å². The van der Waals surface area contributed by atoms with Gasteiger partial charge in [-0.15, -0.1) is 0 Å². The summed E-state index contributed by atoms with van der Waals surface area (Å²) in [6, 6.07) is 0. The molecule has 1 N–H and O–H groups in total. The lowest BCUT2D eigenvalue weighted by Crippen LogP contribution is -2.42. The third-order valence-electron chi connectivity index (χ3n) is 3.84. The average molecular weight is 162 g/mol. The van der Waals surface area contributed by atoms with Gasteiger partial charge in [0.05, 0.1) is 0 Å². The Morgan fingerprint density at radius 3 is 3.25 bits per heavy atom. The molecule has 2 saturated heterocycles. The van der Waals surface area contributed by atoms with Crippen LogP contribution in [0.5, 0.6) is 0 Å². The Balaban J connectivity index is 2.06. The van der Waals surface area contributed by atoms with E-state index in [9.17, 15) is 5.11 Å². The molecule has 2 nitrogen and oxygen atoms in total. The summed E-state index contributed by atoms with van der Waals surface area (Å²) in [5.41, 5.74) is -0.459. The summed E-state index contributed by atoms with van der Waals surface area (Å²) in [5.74, 6) is 0.571. The molecule has 2 heterocycles. The highest BCUT2D eigenvalue weighted by Gasteiger charge is 2.74. The van der Waals surface area contributed by atoms with E-state index >= 15 is 0 Å². The SMILES string of the molecule is CN1CCC2C=CCC3(O)[B][C@]213. The first-order valence-electron chi connectivity index (χ1n) is 4.66. The molecule has 2 fully saturated rings. The van der Waals surface area contributed by atoms with E-state index in [1.54, 1.807) is 0 Å². The van der Waals surface area contributed by atoms with Crippen LogP contribution in [0, 0.1) is 5.92 Å². The highest BCUT2D eigenvalue weighted by molar-refractivity contribution is 6.60. The zero-order valence-electron chi connectivity index (χ0n) is 7.33. The Hall–Kier alpha value is -0.275. The lowest BCUT2D eigenvalue weighted by atomic mass is 9.84. The first-order valence-corrected chi connectivity index (χ1v) is 4.66. The molecule has 2 unspecified atom stereocenters. The van der Waals surface area contributed by atoms with Gasteiger partial charge in [0.25, 0.3) is 0 Å². The minimum Gasteiger partial charge on any atom is -0.397 e. The van der Waals surface area contributed by atoms with Crippen LogP contribution in [0.25, 0.3) is 0 Å². The predicted octanol–water partition coefficient (Wildman–Crippen LogP) is 0.000700. The molecule has 0 bridgehead atoms. The molecule has 2 aliphatic heterocycles. The van der Waals surface area contributed by atoms with Crippen LogP contribution in [0.1, 0.15) is 12.8 Å². The molecule has 1 aliphatic carbocycles. The zero-order valence-corrected chi connectivity index (χ0v) is 7.33. The molecular weight excluding hydrogens is 149 g/mol. The first-order chi connectivity index (χ1) is 5.69. The number of nitrogens with zero attached hydrogens (tertiary/aromatic N) is 1. The average Bonchev–Trinajstić information content (AvgIpc) is 2.58. The molecule has 3 heteroatoms. The van der Waals surface area contributed by atoms with Gasteiger partial charge in [0.1, 0.15) is 0 Å². The second kappa shape index (κ2) is 1.80. The monoisotopic (exact) mass is 162 g/mol. The number of hydrogen-bond donors (Lipinski definition) is 1. The second-order valence-corrected chi connectivity index (χ2v) is 4.34. The minimum atomic E-state index is -0.488. The Labute approximate surface area is 73.5 Å². The Kier molecular flexibility index (Phi) is 1.08. The maximum Gasteiger partial charge on any atom is 0.185 e. The molecule has 0 aromatic heterocycles. The molecule has 63 valence electrons. The maximum atomic E-state index is 10.1. The maximum absolute atomic E-state index is 10.1. The third-order valence-corrected chi connectivity index (χ3v) is 3.84. The summed E-state index contributed by atoms with van der Waals surface area (Å²) in [6.07, 6.45) is 6.42. The molecule has 3 atom stereocenters. The summed E-state index contributed by atoms with van der Waals surface area (Å²) in [5, 5.41) is 10.1. The number of hydrogen-bond acceptors (Lipinski definition) is 2. The van der Waals surface area contributed by atoms with E-state index in [-0.39, 0.29) is 5.44 Å². The van der Waals surface area contributed by atoms with Crippen molar-refractivity contribution >= 4 is 7.28 Å². The highest BCUT2D eigenvalue weighted by Crippen LogP contribution is 2.57. The smallest absolute Gasteiger partial charge is 0.185 e. The van der Waals surface area contributed by atoms with Crippen LogP contribution in [0.15, 0.2) is 12.2 Å². The molecule has 1 radical (unpaired) electrons. The zero-order chi connectivity index (χ0) is 8.40. The van der Waals surface area contributed by atoms with Crippen molar-refractivity contribution in [3.05, 3.63) is 12.2 Å². The van der Waals surface area contributed by atoms with Crippen molar-refractivity contribution in [2.75, 3.05) is 13.6 Å². The summed E-state index contributed by atoms with van der Waals surface area (Å²) in [7, 11) is 4.24. The van der Waals surface area contributed by atoms with Crippen molar-refractivity contribution < 1.29 is 5.11 Å². The van der Waals surface area contributed by atoms with Gasteiger partial charge >= 0.3 is 0 Å². The van der Waals surface area contributed by atoms with Gasteiger partial charge in [-0.3, -0.25) is 0 Å². The van der Waals surface area contributed by atoms with E-state index in [4.69, 9.17) is 0 Å². The van der Waals surface area contributed by atoms with Crippen molar-refractivity contribution in [2.45, 2.75) is 23.8 Å². The standard InChI is InChI=1S/C9H13BNO/c1-11-6-4-7-3-2-5-8(12)9(7,11)10-8/h2-3,7,12H,4-6H2,1H3/t7?,8?,9-/m1/s1. The fraction of sp³-hybridized carbons (Fsp3) is 0.778. The Morgan fingerprint density at radius 2 is 2.50 bits per heavy atom. The van der Waals surface area contributed by atoms with E-state index in [1.165, 1.54) is 6.42 Å². The van der Waals surface area contributed by atoms with Gasteiger partial charge in [-0.25, -0.2) is 0 Å². The van der Waals surface area contributed by atoms with E-state index in [0.29, 0.717) is 5.92 Å². The van der Waals surface area contributed by atoms with Gasteiger partial charge in [0.2, 0.25) is 0 Å². The van der Waals surface area contributed by atoms with Gasteiger partial charge in [0, 0.05) is 10.9 Å². The van der Waals surface area contributed by atoms with Crippen LogP contribution >= 0.6 is 0 Å². The fourth-order valence-corrected chi connectivity index (χ4v) is 3.09. The topological polar surface area (TPSA) is 23.5 Å². The van der Waals surface area contributed by atoms with Gasteiger partial charge < -0.3 is 10.0 Å². The molecule has 0 amide bonds. The molecular formula is C9H13BNO. The molecule has 0 aromatic carbocycles. The highest BCUT2D eigenvalue weighted by atomic mass is 16.3. The van der Waals surface area contributed by atoms with Crippen LogP contribution in [0.3, 0.4) is 0 Å². The van der Waals surface area contributed by atoms with E-state index in [0.717, 1.165) is 13.0 Å². The van der Waals surface area contributed by atoms with Crippen LogP contribution in [0.2, 0.25) is 0 Å². The quantitative estimate of drug-likeness (QED) is 0.400. The van der Waals surface area contributed by atoms with Gasteiger partial charge in [-0.1, -0.05) is 12.2 Å². The molecule has 3 rings (SSSR count). The normalized spacial score (nSPS) is 56.0. The van der Waals surface area contributed by atoms with Crippen LogP contribution in [0.4, 0.5) is 0 Å².